The van der Waals surface area contributed by atoms with Gasteiger partial charge in [0.1, 0.15) is 5.75 Å². The largest absolute Gasteiger partial charge is 0.493 e. The van der Waals surface area contributed by atoms with Crippen LogP contribution in [0.15, 0.2) is 72.8 Å². The quantitative estimate of drug-likeness (QED) is 0.602. The molecule has 0 aliphatic carbocycles. The second kappa shape index (κ2) is 10.1. The van der Waals surface area contributed by atoms with Crippen molar-refractivity contribution >= 4 is 17.5 Å². The van der Waals surface area contributed by atoms with Gasteiger partial charge in [-0.15, -0.1) is 0 Å². The lowest BCUT2D eigenvalue weighted by Crippen LogP contribution is -2.51. The maximum atomic E-state index is 13.3. The minimum Gasteiger partial charge on any atom is -0.493 e. The van der Waals surface area contributed by atoms with Gasteiger partial charge in [-0.25, -0.2) is 0 Å². The number of amides is 2. The smallest absolute Gasteiger partial charge is 0.263 e. The van der Waals surface area contributed by atoms with Crippen molar-refractivity contribution < 1.29 is 23.8 Å². The molecule has 0 fully saturated rings. The SMILES string of the molecule is COc1ccc(CC(=O)N2CC(C(=O)NCc3ccccc3)Oc3ccccc32)cc1OC. The lowest BCUT2D eigenvalue weighted by atomic mass is 10.1. The second-order valence-corrected chi connectivity index (χ2v) is 7.65. The Labute approximate surface area is 192 Å². The third kappa shape index (κ3) is 5.09. The van der Waals surface area contributed by atoms with Crippen molar-refractivity contribution in [2.75, 3.05) is 25.7 Å². The summed E-state index contributed by atoms with van der Waals surface area (Å²) in [5.74, 6) is 1.25. The summed E-state index contributed by atoms with van der Waals surface area (Å²) in [7, 11) is 3.12. The van der Waals surface area contributed by atoms with Crippen molar-refractivity contribution in [2.24, 2.45) is 0 Å². The minimum absolute atomic E-state index is 0.129. The first-order valence-corrected chi connectivity index (χ1v) is 10.7. The molecule has 0 saturated heterocycles. The Balaban J connectivity index is 1.50. The Bertz CT molecular complexity index is 1130. The molecule has 3 aromatic rings. The van der Waals surface area contributed by atoms with Crippen molar-refractivity contribution in [3.63, 3.8) is 0 Å². The van der Waals surface area contributed by atoms with Crippen LogP contribution in [0.1, 0.15) is 11.1 Å². The Morgan fingerprint density at radius 2 is 1.67 bits per heavy atom. The number of carbonyl (C=O) groups is 2. The molecule has 2 amide bonds. The van der Waals surface area contributed by atoms with Gasteiger partial charge in [0, 0.05) is 6.54 Å². The van der Waals surface area contributed by atoms with Gasteiger partial charge in [-0.2, -0.15) is 0 Å². The highest BCUT2D eigenvalue weighted by Gasteiger charge is 2.33. The van der Waals surface area contributed by atoms with Crippen LogP contribution in [-0.2, 0) is 22.6 Å². The van der Waals surface area contributed by atoms with Gasteiger partial charge in [-0.1, -0.05) is 48.5 Å². The lowest BCUT2D eigenvalue weighted by Gasteiger charge is -2.34. The molecule has 0 bridgehead atoms. The van der Waals surface area contributed by atoms with E-state index in [2.05, 4.69) is 5.32 Å². The van der Waals surface area contributed by atoms with Crippen LogP contribution in [-0.4, -0.2) is 38.7 Å². The molecule has 1 N–H and O–H groups in total. The summed E-state index contributed by atoms with van der Waals surface area (Å²) in [4.78, 5) is 27.8. The summed E-state index contributed by atoms with van der Waals surface area (Å²) in [5, 5.41) is 2.90. The normalized spacial score (nSPS) is 14.6. The molecule has 1 atom stereocenters. The van der Waals surface area contributed by atoms with Crippen LogP contribution in [0.3, 0.4) is 0 Å². The number of hydrogen-bond acceptors (Lipinski definition) is 5. The number of nitrogens with zero attached hydrogens (tertiary/aromatic N) is 1. The van der Waals surface area contributed by atoms with E-state index in [0.717, 1.165) is 11.1 Å². The minimum atomic E-state index is -0.807. The van der Waals surface area contributed by atoms with E-state index in [0.29, 0.717) is 29.5 Å². The summed E-state index contributed by atoms with van der Waals surface area (Å²) >= 11 is 0. The molecule has 0 aromatic heterocycles. The maximum absolute atomic E-state index is 13.3. The molecule has 0 radical (unpaired) electrons. The summed E-state index contributed by atoms with van der Waals surface area (Å²) in [5.41, 5.74) is 2.42. The zero-order valence-corrected chi connectivity index (χ0v) is 18.6. The highest BCUT2D eigenvalue weighted by Crippen LogP contribution is 2.34. The Morgan fingerprint density at radius 1 is 0.939 bits per heavy atom. The molecular weight excluding hydrogens is 420 g/mol. The number of methoxy groups -OCH3 is 2. The zero-order chi connectivity index (χ0) is 23.2. The van der Waals surface area contributed by atoms with Crippen LogP contribution in [0, 0.1) is 0 Å². The molecule has 33 heavy (non-hydrogen) atoms. The van der Waals surface area contributed by atoms with Crippen LogP contribution in [0.25, 0.3) is 0 Å². The van der Waals surface area contributed by atoms with Crippen LogP contribution < -0.4 is 24.4 Å². The van der Waals surface area contributed by atoms with Crippen LogP contribution in [0.5, 0.6) is 17.2 Å². The van der Waals surface area contributed by atoms with E-state index in [4.69, 9.17) is 14.2 Å². The van der Waals surface area contributed by atoms with Gasteiger partial charge in [0.05, 0.1) is 32.9 Å². The first kappa shape index (κ1) is 22.2. The zero-order valence-electron chi connectivity index (χ0n) is 18.6. The highest BCUT2D eigenvalue weighted by atomic mass is 16.5. The van der Waals surface area contributed by atoms with Gasteiger partial charge in [-0.05, 0) is 35.4 Å². The molecule has 3 aromatic carbocycles. The summed E-state index contributed by atoms with van der Waals surface area (Å²) < 4.78 is 16.6. The molecule has 1 aliphatic rings. The second-order valence-electron chi connectivity index (χ2n) is 7.65. The molecule has 0 saturated carbocycles. The first-order chi connectivity index (χ1) is 16.1. The topological polar surface area (TPSA) is 77.1 Å². The van der Waals surface area contributed by atoms with E-state index in [1.807, 2.05) is 54.6 Å². The standard InChI is InChI=1S/C26H26N2O5/c1-31-22-13-12-19(14-23(22)32-2)15-25(29)28-17-24(33-21-11-7-6-10-20(21)28)26(30)27-16-18-8-4-3-5-9-18/h3-14,24H,15-17H2,1-2H3,(H,27,30). The fraction of sp³-hybridized carbons (Fsp3) is 0.231. The van der Waals surface area contributed by atoms with Crippen molar-refractivity contribution in [3.05, 3.63) is 83.9 Å². The van der Waals surface area contributed by atoms with Crippen molar-refractivity contribution in [1.29, 1.82) is 0 Å². The molecule has 1 unspecified atom stereocenters. The number of hydrogen-bond donors (Lipinski definition) is 1. The van der Waals surface area contributed by atoms with Gasteiger partial charge in [0.15, 0.2) is 17.6 Å². The molecular formula is C26H26N2O5. The third-order valence-electron chi connectivity index (χ3n) is 5.48. The van der Waals surface area contributed by atoms with Gasteiger partial charge in [0.25, 0.3) is 5.91 Å². The Hall–Kier alpha value is -4.00. The number of rotatable bonds is 7. The van der Waals surface area contributed by atoms with E-state index >= 15 is 0 Å². The fourth-order valence-electron chi connectivity index (χ4n) is 3.77. The van der Waals surface area contributed by atoms with Gasteiger partial charge >= 0.3 is 0 Å². The number of para-hydroxylation sites is 2. The van der Waals surface area contributed by atoms with Crippen LogP contribution in [0.4, 0.5) is 5.69 Å². The molecule has 1 heterocycles. The maximum Gasteiger partial charge on any atom is 0.263 e. The van der Waals surface area contributed by atoms with E-state index in [-0.39, 0.29) is 24.8 Å². The molecule has 7 nitrogen and oxygen atoms in total. The van der Waals surface area contributed by atoms with Gasteiger partial charge in [0.2, 0.25) is 5.91 Å². The van der Waals surface area contributed by atoms with Crippen LogP contribution in [0.2, 0.25) is 0 Å². The Morgan fingerprint density at radius 3 is 2.42 bits per heavy atom. The molecule has 4 rings (SSSR count). The fourth-order valence-corrected chi connectivity index (χ4v) is 3.77. The van der Waals surface area contributed by atoms with E-state index < -0.39 is 6.10 Å². The van der Waals surface area contributed by atoms with E-state index in [1.54, 1.807) is 37.3 Å². The number of ether oxygens (including phenoxy) is 3. The number of nitrogens with one attached hydrogen (secondary N) is 1. The highest BCUT2D eigenvalue weighted by molar-refractivity contribution is 5.98. The number of benzene rings is 3. The predicted molar refractivity (Wildman–Crippen MR) is 125 cm³/mol. The lowest BCUT2D eigenvalue weighted by molar-refractivity contribution is -0.128. The van der Waals surface area contributed by atoms with Crippen molar-refractivity contribution in [2.45, 2.75) is 19.1 Å². The average Bonchev–Trinajstić information content (AvgIpc) is 2.87. The van der Waals surface area contributed by atoms with Crippen LogP contribution >= 0.6 is 0 Å². The molecule has 170 valence electrons. The van der Waals surface area contributed by atoms with Gasteiger partial charge < -0.3 is 24.4 Å². The predicted octanol–water partition coefficient (Wildman–Crippen LogP) is 3.36. The average molecular weight is 447 g/mol. The number of carbonyl (C=O) groups excluding carboxylic acids is 2. The number of fused-ring (bicyclic) bond motifs is 1. The molecule has 1 aliphatic heterocycles. The molecule has 0 spiro atoms. The van der Waals surface area contributed by atoms with Crippen molar-refractivity contribution in [3.8, 4) is 17.2 Å². The van der Waals surface area contributed by atoms with Gasteiger partial charge in [-0.3, -0.25) is 9.59 Å². The summed E-state index contributed by atoms with van der Waals surface area (Å²) in [6.07, 6.45) is -0.662. The summed E-state index contributed by atoms with van der Waals surface area (Å²) in [6, 6.07) is 22.3. The third-order valence-corrected chi connectivity index (χ3v) is 5.48. The van der Waals surface area contributed by atoms with E-state index in [9.17, 15) is 9.59 Å². The molecule has 7 heteroatoms. The van der Waals surface area contributed by atoms with Crippen molar-refractivity contribution in [1.82, 2.24) is 5.32 Å². The number of anilines is 1. The monoisotopic (exact) mass is 446 g/mol. The first-order valence-electron chi connectivity index (χ1n) is 10.7. The van der Waals surface area contributed by atoms with E-state index in [1.165, 1.54) is 0 Å². The Kier molecular flexibility index (Phi) is 6.78. The summed E-state index contributed by atoms with van der Waals surface area (Å²) in [6.45, 7) is 0.518.